The second kappa shape index (κ2) is 4.61. The van der Waals surface area contributed by atoms with E-state index in [1.165, 1.54) is 6.92 Å². The molecule has 17 heavy (non-hydrogen) atoms. The van der Waals surface area contributed by atoms with E-state index < -0.39 is 9.84 Å². The Balaban J connectivity index is 2.30. The minimum Gasteiger partial charge on any atom is -0.295 e. The molecule has 0 saturated heterocycles. The average molecular weight is 252 g/mol. The molecule has 0 aromatic heterocycles. The van der Waals surface area contributed by atoms with Gasteiger partial charge in [-0.25, -0.2) is 8.42 Å². The van der Waals surface area contributed by atoms with E-state index in [4.69, 9.17) is 0 Å². The van der Waals surface area contributed by atoms with Gasteiger partial charge < -0.3 is 0 Å². The summed E-state index contributed by atoms with van der Waals surface area (Å²) in [5.41, 5.74) is 0.551. The Bertz CT molecular complexity index is 508. The molecule has 4 heteroatoms. The van der Waals surface area contributed by atoms with Crippen LogP contribution in [0.2, 0.25) is 0 Å². The number of hydrogen-bond donors (Lipinski definition) is 0. The molecule has 0 atom stereocenters. The van der Waals surface area contributed by atoms with E-state index in [-0.39, 0.29) is 11.0 Å². The second-order valence-corrected chi connectivity index (χ2v) is 6.76. The van der Waals surface area contributed by atoms with Crippen LogP contribution in [0.1, 0.15) is 43.0 Å². The number of sulfone groups is 1. The zero-order valence-electron chi connectivity index (χ0n) is 9.85. The summed E-state index contributed by atoms with van der Waals surface area (Å²) in [7, 11) is -3.19. The van der Waals surface area contributed by atoms with Gasteiger partial charge in [0.25, 0.3) is 0 Å². The fourth-order valence-electron chi connectivity index (χ4n) is 2.27. The summed E-state index contributed by atoms with van der Waals surface area (Å²) >= 11 is 0. The highest BCUT2D eigenvalue weighted by Crippen LogP contribution is 2.29. The first-order valence-corrected chi connectivity index (χ1v) is 7.41. The lowest BCUT2D eigenvalue weighted by atomic mass is 10.2. The molecule has 1 aromatic carbocycles. The summed E-state index contributed by atoms with van der Waals surface area (Å²) in [5, 5.41) is -0.231. The number of rotatable bonds is 3. The van der Waals surface area contributed by atoms with Crippen LogP contribution < -0.4 is 0 Å². The molecule has 92 valence electrons. The van der Waals surface area contributed by atoms with Crippen molar-refractivity contribution in [3.8, 4) is 0 Å². The van der Waals surface area contributed by atoms with Crippen LogP contribution in [-0.2, 0) is 9.84 Å². The Morgan fingerprint density at radius 1 is 1.12 bits per heavy atom. The van der Waals surface area contributed by atoms with Gasteiger partial charge >= 0.3 is 0 Å². The quantitative estimate of drug-likeness (QED) is 0.777. The summed E-state index contributed by atoms with van der Waals surface area (Å²) in [6, 6.07) is 6.27. The highest BCUT2D eigenvalue weighted by atomic mass is 32.2. The van der Waals surface area contributed by atoms with E-state index in [1.807, 2.05) is 0 Å². The SMILES string of the molecule is CC(=O)c1ccc(S(=O)(=O)C2CCCC2)cc1. The second-order valence-electron chi connectivity index (χ2n) is 4.53. The zero-order valence-corrected chi connectivity index (χ0v) is 10.7. The van der Waals surface area contributed by atoms with Crippen molar-refractivity contribution in [3.63, 3.8) is 0 Å². The third kappa shape index (κ3) is 2.41. The Kier molecular flexibility index (Phi) is 3.33. The van der Waals surface area contributed by atoms with Crippen molar-refractivity contribution in [2.24, 2.45) is 0 Å². The van der Waals surface area contributed by atoms with Crippen LogP contribution in [0.4, 0.5) is 0 Å². The van der Waals surface area contributed by atoms with Crippen LogP contribution in [0.25, 0.3) is 0 Å². The van der Waals surface area contributed by atoms with E-state index >= 15 is 0 Å². The lowest BCUT2D eigenvalue weighted by Crippen LogP contribution is -2.17. The number of Topliss-reactive ketones (excluding diaryl/α,β-unsaturated/α-hetero) is 1. The maximum Gasteiger partial charge on any atom is 0.181 e. The van der Waals surface area contributed by atoms with Gasteiger partial charge in [-0.2, -0.15) is 0 Å². The Morgan fingerprint density at radius 3 is 2.12 bits per heavy atom. The van der Waals surface area contributed by atoms with Crippen molar-refractivity contribution in [2.45, 2.75) is 42.8 Å². The van der Waals surface area contributed by atoms with E-state index in [0.29, 0.717) is 10.5 Å². The normalized spacial score (nSPS) is 17.2. The van der Waals surface area contributed by atoms with Crippen LogP contribution in [-0.4, -0.2) is 19.5 Å². The van der Waals surface area contributed by atoms with E-state index in [1.54, 1.807) is 24.3 Å². The Hall–Kier alpha value is -1.16. The highest BCUT2D eigenvalue weighted by molar-refractivity contribution is 7.92. The molecule has 0 unspecified atom stereocenters. The lowest BCUT2D eigenvalue weighted by Gasteiger charge is -2.11. The zero-order chi connectivity index (χ0) is 12.5. The number of carbonyl (C=O) groups excluding carboxylic acids is 1. The van der Waals surface area contributed by atoms with Crippen LogP contribution in [0.3, 0.4) is 0 Å². The van der Waals surface area contributed by atoms with Gasteiger partial charge in [0.05, 0.1) is 10.1 Å². The molecular weight excluding hydrogens is 236 g/mol. The van der Waals surface area contributed by atoms with Gasteiger partial charge in [-0.05, 0) is 31.9 Å². The Morgan fingerprint density at radius 2 is 1.65 bits per heavy atom. The van der Waals surface area contributed by atoms with Crippen molar-refractivity contribution in [1.29, 1.82) is 0 Å². The summed E-state index contributed by atoms with van der Waals surface area (Å²) in [5.74, 6) is -0.0465. The molecule has 0 N–H and O–H groups in total. The van der Waals surface area contributed by atoms with E-state index in [0.717, 1.165) is 25.7 Å². The lowest BCUT2D eigenvalue weighted by molar-refractivity contribution is 0.101. The van der Waals surface area contributed by atoms with Gasteiger partial charge in [0.2, 0.25) is 0 Å². The molecule has 0 heterocycles. The van der Waals surface area contributed by atoms with Gasteiger partial charge in [0.15, 0.2) is 15.6 Å². The molecule has 0 bridgehead atoms. The van der Waals surface area contributed by atoms with E-state index in [9.17, 15) is 13.2 Å². The maximum absolute atomic E-state index is 12.2. The number of ketones is 1. The summed E-state index contributed by atoms with van der Waals surface area (Å²) in [6.07, 6.45) is 3.51. The van der Waals surface area contributed by atoms with Gasteiger partial charge in [-0.1, -0.05) is 25.0 Å². The van der Waals surface area contributed by atoms with Crippen molar-refractivity contribution >= 4 is 15.6 Å². The molecule has 1 aliphatic rings. The largest absolute Gasteiger partial charge is 0.295 e. The first-order valence-electron chi connectivity index (χ1n) is 5.87. The van der Waals surface area contributed by atoms with Crippen molar-refractivity contribution in [1.82, 2.24) is 0 Å². The molecule has 1 aromatic rings. The number of hydrogen-bond acceptors (Lipinski definition) is 3. The van der Waals surface area contributed by atoms with Crippen molar-refractivity contribution < 1.29 is 13.2 Å². The minimum absolute atomic E-state index is 0.0465. The standard InChI is InChI=1S/C13H16O3S/c1-10(14)11-6-8-13(9-7-11)17(15,16)12-4-2-3-5-12/h6-9,12H,2-5H2,1H3. The van der Waals surface area contributed by atoms with Crippen LogP contribution >= 0.6 is 0 Å². The monoisotopic (exact) mass is 252 g/mol. The number of benzene rings is 1. The van der Waals surface area contributed by atoms with E-state index in [2.05, 4.69) is 0 Å². The summed E-state index contributed by atoms with van der Waals surface area (Å²) in [6.45, 7) is 1.47. The highest BCUT2D eigenvalue weighted by Gasteiger charge is 2.30. The fraction of sp³-hybridized carbons (Fsp3) is 0.462. The molecule has 2 rings (SSSR count). The smallest absolute Gasteiger partial charge is 0.181 e. The van der Waals surface area contributed by atoms with Crippen molar-refractivity contribution in [3.05, 3.63) is 29.8 Å². The molecule has 0 spiro atoms. The molecule has 0 amide bonds. The van der Waals surface area contributed by atoms with Crippen molar-refractivity contribution in [2.75, 3.05) is 0 Å². The third-order valence-electron chi connectivity index (χ3n) is 3.33. The molecule has 0 radical (unpaired) electrons. The van der Waals surface area contributed by atoms with Crippen LogP contribution in [0.15, 0.2) is 29.2 Å². The topological polar surface area (TPSA) is 51.2 Å². The van der Waals surface area contributed by atoms with Gasteiger partial charge in [0.1, 0.15) is 0 Å². The molecule has 1 saturated carbocycles. The van der Waals surface area contributed by atoms with Crippen LogP contribution in [0.5, 0.6) is 0 Å². The average Bonchev–Trinajstić information content (AvgIpc) is 2.83. The Labute approximate surface area is 102 Å². The first kappa shape index (κ1) is 12.3. The number of carbonyl (C=O) groups is 1. The van der Waals surface area contributed by atoms with Gasteiger partial charge in [-0.3, -0.25) is 4.79 Å². The molecular formula is C13H16O3S. The predicted octanol–water partition coefficient (Wildman–Crippen LogP) is 2.61. The van der Waals surface area contributed by atoms with Crippen LogP contribution in [0, 0.1) is 0 Å². The molecule has 3 nitrogen and oxygen atoms in total. The summed E-state index contributed by atoms with van der Waals surface area (Å²) in [4.78, 5) is 11.5. The first-order chi connectivity index (χ1) is 8.01. The minimum atomic E-state index is -3.19. The predicted molar refractivity (Wildman–Crippen MR) is 65.9 cm³/mol. The van der Waals surface area contributed by atoms with Gasteiger partial charge in [0, 0.05) is 5.56 Å². The maximum atomic E-state index is 12.2. The molecule has 1 aliphatic carbocycles. The molecule has 0 aliphatic heterocycles. The summed E-state index contributed by atoms with van der Waals surface area (Å²) < 4.78 is 24.5. The van der Waals surface area contributed by atoms with Gasteiger partial charge in [-0.15, -0.1) is 0 Å². The third-order valence-corrected chi connectivity index (χ3v) is 5.61. The fourth-order valence-corrected chi connectivity index (χ4v) is 4.12. The molecule has 1 fully saturated rings.